The van der Waals surface area contributed by atoms with E-state index >= 15 is 0 Å². The van der Waals surface area contributed by atoms with E-state index in [2.05, 4.69) is 5.32 Å². The lowest BCUT2D eigenvalue weighted by atomic mass is 10.3. The molecule has 0 aliphatic carbocycles. The summed E-state index contributed by atoms with van der Waals surface area (Å²) >= 11 is 5.61. The fourth-order valence-corrected chi connectivity index (χ4v) is 1.98. The van der Waals surface area contributed by atoms with Gasteiger partial charge in [0.15, 0.2) is 12.4 Å². The number of nitrogens with one attached hydrogen (secondary N) is 1. The molecule has 9 heteroatoms. The van der Waals surface area contributed by atoms with Crippen LogP contribution in [-0.2, 0) is 4.79 Å². The van der Waals surface area contributed by atoms with Crippen LogP contribution in [0.15, 0.2) is 36.4 Å². The number of benzene rings is 2. The van der Waals surface area contributed by atoms with Crippen molar-refractivity contribution in [3.8, 4) is 11.5 Å². The van der Waals surface area contributed by atoms with Gasteiger partial charge in [0.05, 0.1) is 23.1 Å². The number of carbonyl (C=O) groups excluding carboxylic acids is 1. The van der Waals surface area contributed by atoms with Gasteiger partial charge in [0, 0.05) is 5.69 Å². The number of carbonyl (C=O) groups is 1. The summed E-state index contributed by atoms with van der Waals surface area (Å²) in [5, 5.41) is 13.3. The summed E-state index contributed by atoms with van der Waals surface area (Å²) in [7, 11) is 1.38. The van der Waals surface area contributed by atoms with Crippen molar-refractivity contribution in [2.24, 2.45) is 0 Å². The molecule has 24 heavy (non-hydrogen) atoms. The van der Waals surface area contributed by atoms with Crippen LogP contribution in [0.25, 0.3) is 0 Å². The van der Waals surface area contributed by atoms with Gasteiger partial charge in [-0.1, -0.05) is 11.6 Å². The lowest BCUT2D eigenvalue weighted by Gasteiger charge is -2.09. The number of nitro groups is 1. The number of nitro benzene ring substituents is 1. The third-order valence-electron chi connectivity index (χ3n) is 2.92. The van der Waals surface area contributed by atoms with Crippen LogP contribution in [0.3, 0.4) is 0 Å². The van der Waals surface area contributed by atoms with Crippen molar-refractivity contribution in [2.45, 2.75) is 0 Å². The summed E-state index contributed by atoms with van der Waals surface area (Å²) in [4.78, 5) is 22.2. The van der Waals surface area contributed by atoms with E-state index in [1.54, 1.807) is 0 Å². The molecule has 0 atom stereocenters. The van der Waals surface area contributed by atoms with Gasteiger partial charge in [-0.2, -0.15) is 0 Å². The first-order valence-corrected chi connectivity index (χ1v) is 6.98. The van der Waals surface area contributed by atoms with E-state index in [1.165, 1.54) is 37.4 Å². The Kier molecular flexibility index (Phi) is 5.54. The zero-order valence-corrected chi connectivity index (χ0v) is 13.2. The topological polar surface area (TPSA) is 90.7 Å². The van der Waals surface area contributed by atoms with Crippen molar-refractivity contribution in [1.29, 1.82) is 0 Å². The number of nitrogens with zero attached hydrogens (tertiary/aromatic N) is 1. The van der Waals surface area contributed by atoms with Crippen molar-refractivity contribution in [1.82, 2.24) is 0 Å². The Labute approximate surface area is 141 Å². The summed E-state index contributed by atoms with van der Waals surface area (Å²) in [5.74, 6) is -0.977. The SMILES string of the molecule is COc1ccc(OCC(=O)Nc2ccc(F)c(Cl)c2)c([N+](=O)[O-])c1. The highest BCUT2D eigenvalue weighted by Crippen LogP contribution is 2.31. The summed E-state index contributed by atoms with van der Waals surface area (Å²) in [6, 6.07) is 7.67. The molecule has 1 N–H and O–H groups in total. The summed E-state index contributed by atoms with van der Waals surface area (Å²) < 4.78 is 23.1. The number of hydrogen-bond donors (Lipinski definition) is 1. The minimum Gasteiger partial charge on any atom is -0.496 e. The van der Waals surface area contributed by atoms with Crippen LogP contribution >= 0.6 is 11.6 Å². The van der Waals surface area contributed by atoms with Crippen molar-refractivity contribution < 1.29 is 23.6 Å². The highest BCUT2D eigenvalue weighted by atomic mass is 35.5. The molecule has 2 aromatic rings. The third kappa shape index (κ3) is 4.32. The summed E-state index contributed by atoms with van der Waals surface area (Å²) in [5.41, 5.74) is -0.0498. The highest BCUT2D eigenvalue weighted by molar-refractivity contribution is 6.31. The van der Waals surface area contributed by atoms with Gasteiger partial charge in [0.2, 0.25) is 0 Å². The van der Waals surface area contributed by atoms with E-state index in [1.807, 2.05) is 0 Å². The van der Waals surface area contributed by atoms with E-state index in [0.717, 1.165) is 6.07 Å². The Bertz CT molecular complexity index is 784. The highest BCUT2D eigenvalue weighted by Gasteiger charge is 2.17. The molecular formula is C15H12ClFN2O5. The smallest absolute Gasteiger partial charge is 0.314 e. The average molecular weight is 355 g/mol. The van der Waals surface area contributed by atoms with Crippen molar-refractivity contribution in [3.63, 3.8) is 0 Å². The van der Waals surface area contributed by atoms with Crippen LogP contribution in [0.1, 0.15) is 0 Å². The number of hydrogen-bond acceptors (Lipinski definition) is 5. The molecule has 0 unspecified atom stereocenters. The fourth-order valence-electron chi connectivity index (χ4n) is 1.80. The molecule has 0 fully saturated rings. The molecule has 126 valence electrons. The Morgan fingerprint density at radius 2 is 2.08 bits per heavy atom. The Hall–Kier alpha value is -2.87. The maximum Gasteiger partial charge on any atom is 0.314 e. The van der Waals surface area contributed by atoms with Crippen molar-refractivity contribution >= 4 is 28.9 Å². The normalized spacial score (nSPS) is 10.1. The van der Waals surface area contributed by atoms with E-state index in [-0.39, 0.29) is 22.1 Å². The first kappa shape index (κ1) is 17.5. The molecule has 0 radical (unpaired) electrons. The van der Waals surface area contributed by atoms with Gasteiger partial charge in [0.1, 0.15) is 11.6 Å². The Morgan fingerprint density at radius 3 is 2.71 bits per heavy atom. The van der Waals surface area contributed by atoms with Gasteiger partial charge < -0.3 is 14.8 Å². The predicted molar refractivity (Wildman–Crippen MR) is 85.2 cm³/mol. The first-order chi connectivity index (χ1) is 11.4. The largest absolute Gasteiger partial charge is 0.496 e. The van der Waals surface area contributed by atoms with E-state index in [9.17, 15) is 19.3 Å². The van der Waals surface area contributed by atoms with Crippen LogP contribution < -0.4 is 14.8 Å². The molecule has 0 heterocycles. The van der Waals surface area contributed by atoms with Crippen molar-refractivity contribution in [2.75, 3.05) is 19.0 Å². The van der Waals surface area contributed by atoms with Crippen LogP contribution in [0.4, 0.5) is 15.8 Å². The number of amides is 1. The van der Waals surface area contributed by atoms with Crippen LogP contribution in [0, 0.1) is 15.9 Å². The Balaban J connectivity index is 2.03. The summed E-state index contributed by atoms with van der Waals surface area (Å²) in [6.45, 7) is -0.470. The van der Waals surface area contributed by atoms with Gasteiger partial charge in [0.25, 0.3) is 5.91 Å². The quantitative estimate of drug-likeness (QED) is 0.634. The van der Waals surface area contributed by atoms with Crippen LogP contribution in [-0.4, -0.2) is 24.5 Å². The minimum absolute atomic E-state index is 0.0758. The van der Waals surface area contributed by atoms with E-state index < -0.39 is 23.3 Å². The molecule has 0 spiro atoms. The standard InChI is InChI=1S/C15H12ClFN2O5/c1-23-10-3-5-14(13(7-10)19(21)22)24-8-15(20)18-9-2-4-12(17)11(16)6-9/h2-7H,8H2,1H3,(H,18,20). The van der Waals surface area contributed by atoms with Gasteiger partial charge >= 0.3 is 5.69 Å². The number of ether oxygens (including phenoxy) is 2. The fraction of sp³-hybridized carbons (Fsp3) is 0.133. The molecule has 7 nitrogen and oxygen atoms in total. The van der Waals surface area contributed by atoms with E-state index in [0.29, 0.717) is 5.75 Å². The zero-order chi connectivity index (χ0) is 17.7. The number of anilines is 1. The lowest BCUT2D eigenvalue weighted by Crippen LogP contribution is -2.20. The lowest BCUT2D eigenvalue weighted by molar-refractivity contribution is -0.385. The molecule has 0 saturated carbocycles. The molecule has 0 aromatic heterocycles. The number of methoxy groups -OCH3 is 1. The molecule has 0 bridgehead atoms. The Morgan fingerprint density at radius 1 is 1.33 bits per heavy atom. The van der Waals surface area contributed by atoms with Gasteiger partial charge in [-0.3, -0.25) is 14.9 Å². The second-order valence-electron chi connectivity index (χ2n) is 4.56. The average Bonchev–Trinajstić information content (AvgIpc) is 2.56. The maximum atomic E-state index is 13.0. The molecule has 0 aliphatic heterocycles. The van der Waals surface area contributed by atoms with Gasteiger partial charge in [-0.25, -0.2) is 4.39 Å². The monoisotopic (exact) mass is 354 g/mol. The molecule has 0 saturated heterocycles. The molecule has 2 rings (SSSR count). The molecule has 1 amide bonds. The molecule has 0 aliphatic rings. The summed E-state index contributed by atoms with van der Waals surface area (Å²) in [6.07, 6.45) is 0. The van der Waals surface area contributed by atoms with Crippen molar-refractivity contribution in [3.05, 3.63) is 57.4 Å². The minimum atomic E-state index is -0.643. The second kappa shape index (κ2) is 7.60. The number of rotatable bonds is 6. The zero-order valence-electron chi connectivity index (χ0n) is 12.4. The van der Waals surface area contributed by atoms with Gasteiger partial charge in [-0.15, -0.1) is 0 Å². The third-order valence-corrected chi connectivity index (χ3v) is 3.21. The van der Waals surface area contributed by atoms with E-state index in [4.69, 9.17) is 21.1 Å². The molecular weight excluding hydrogens is 343 g/mol. The number of halogens is 2. The molecule has 2 aromatic carbocycles. The maximum absolute atomic E-state index is 13.0. The predicted octanol–water partition coefficient (Wildman–Crippen LogP) is 3.41. The first-order valence-electron chi connectivity index (χ1n) is 6.61. The second-order valence-corrected chi connectivity index (χ2v) is 4.96. The van der Waals surface area contributed by atoms with Gasteiger partial charge in [-0.05, 0) is 30.3 Å². The van der Waals surface area contributed by atoms with Crippen LogP contribution in [0.5, 0.6) is 11.5 Å². The van der Waals surface area contributed by atoms with Crippen LogP contribution in [0.2, 0.25) is 5.02 Å².